The Morgan fingerprint density at radius 1 is 0.688 bits per heavy atom. The van der Waals surface area contributed by atoms with E-state index in [-0.39, 0.29) is 12.0 Å². The lowest BCUT2D eigenvalue weighted by atomic mass is 10.2. The normalized spacial score (nSPS) is 17.3. The zero-order valence-corrected chi connectivity index (χ0v) is 20.9. The molecule has 3 amide bonds. The van der Waals surface area contributed by atoms with Gasteiger partial charge < -0.3 is 29.9 Å². The van der Waals surface area contributed by atoms with Crippen LogP contribution in [0.4, 0.5) is 9.59 Å². The summed E-state index contributed by atoms with van der Waals surface area (Å²) in [7, 11) is 0. The molecule has 9 nitrogen and oxygen atoms in total. The van der Waals surface area contributed by atoms with Crippen molar-refractivity contribution in [1.82, 2.24) is 14.7 Å². The number of ether oxygens (including phenoxy) is 2. The Bertz CT molecular complexity index is 612. The van der Waals surface area contributed by atoms with Crippen LogP contribution < -0.4 is 5.73 Å². The van der Waals surface area contributed by atoms with Crippen molar-refractivity contribution in [3.8, 4) is 0 Å². The molecule has 32 heavy (non-hydrogen) atoms. The minimum Gasteiger partial charge on any atom is -0.444 e. The van der Waals surface area contributed by atoms with E-state index in [1.54, 1.807) is 9.80 Å². The predicted molar refractivity (Wildman–Crippen MR) is 124 cm³/mol. The molecule has 0 aromatic heterocycles. The first kappa shape index (κ1) is 28.0. The summed E-state index contributed by atoms with van der Waals surface area (Å²) in [5.41, 5.74) is 4.34. The summed E-state index contributed by atoms with van der Waals surface area (Å²) in [6.45, 7) is 14.0. The first-order valence-electron chi connectivity index (χ1n) is 11.8. The average Bonchev–Trinajstić information content (AvgIpc) is 2.63. The molecule has 0 radical (unpaired) electrons. The first-order valence-corrected chi connectivity index (χ1v) is 11.8. The van der Waals surface area contributed by atoms with Gasteiger partial charge in [0.1, 0.15) is 11.2 Å². The fourth-order valence-electron chi connectivity index (χ4n) is 3.28. The van der Waals surface area contributed by atoms with Crippen LogP contribution >= 0.6 is 0 Å². The van der Waals surface area contributed by atoms with Crippen LogP contribution in [0, 0.1) is 0 Å². The molecular weight excluding hydrogens is 412 g/mol. The SMILES string of the molecule is CC(C)(C)OC(=O)N1CCCCCN(C(=O)CCCN)CCN(C(=O)OC(C)(C)C)CC1. The summed E-state index contributed by atoms with van der Waals surface area (Å²) in [4.78, 5) is 43.2. The van der Waals surface area contributed by atoms with E-state index in [9.17, 15) is 14.4 Å². The monoisotopic (exact) mass is 456 g/mol. The van der Waals surface area contributed by atoms with Gasteiger partial charge in [-0.05, 0) is 73.8 Å². The quantitative estimate of drug-likeness (QED) is 0.699. The first-order chi connectivity index (χ1) is 14.8. The van der Waals surface area contributed by atoms with E-state index in [4.69, 9.17) is 15.2 Å². The minimum atomic E-state index is -0.637. The average molecular weight is 457 g/mol. The van der Waals surface area contributed by atoms with Crippen LogP contribution in [-0.2, 0) is 14.3 Å². The lowest BCUT2D eigenvalue weighted by Crippen LogP contribution is -2.48. The number of carbonyl (C=O) groups is 3. The predicted octanol–water partition coefficient (Wildman–Crippen LogP) is 3.21. The maximum absolute atomic E-state index is 12.8. The maximum Gasteiger partial charge on any atom is 0.410 e. The van der Waals surface area contributed by atoms with Crippen molar-refractivity contribution in [3.63, 3.8) is 0 Å². The largest absolute Gasteiger partial charge is 0.444 e. The molecule has 1 fully saturated rings. The van der Waals surface area contributed by atoms with E-state index in [2.05, 4.69) is 0 Å². The molecule has 1 aliphatic heterocycles. The molecule has 2 N–H and O–H groups in total. The standard InChI is InChI=1S/C23H44N4O5/c1-22(2,3)31-20(29)26-14-9-7-8-13-25(19(28)11-10-12-24)15-16-27(18-17-26)21(30)32-23(4,5)6/h7-18,24H2,1-6H3. The molecule has 186 valence electrons. The Hall–Kier alpha value is -2.03. The molecule has 1 rings (SSSR count). The highest BCUT2D eigenvalue weighted by Crippen LogP contribution is 2.14. The fourth-order valence-corrected chi connectivity index (χ4v) is 3.28. The van der Waals surface area contributed by atoms with Gasteiger partial charge in [-0.1, -0.05) is 0 Å². The number of nitrogens with two attached hydrogens (primary N) is 1. The molecule has 0 atom stereocenters. The molecule has 0 aromatic rings. The van der Waals surface area contributed by atoms with Crippen LogP contribution in [0.15, 0.2) is 0 Å². The van der Waals surface area contributed by atoms with E-state index in [1.165, 1.54) is 0 Å². The van der Waals surface area contributed by atoms with Gasteiger partial charge in [0.2, 0.25) is 5.91 Å². The second-order valence-corrected chi connectivity index (χ2v) is 10.3. The van der Waals surface area contributed by atoms with Gasteiger partial charge in [0, 0.05) is 45.7 Å². The topological polar surface area (TPSA) is 105 Å². The Balaban J connectivity index is 2.96. The van der Waals surface area contributed by atoms with Crippen LogP contribution in [0.3, 0.4) is 0 Å². The highest BCUT2D eigenvalue weighted by Gasteiger charge is 2.27. The van der Waals surface area contributed by atoms with Crippen molar-refractivity contribution in [2.45, 2.75) is 84.8 Å². The summed E-state index contributed by atoms with van der Waals surface area (Å²) >= 11 is 0. The third-order valence-electron chi connectivity index (χ3n) is 4.89. The number of hydrogen-bond acceptors (Lipinski definition) is 6. The van der Waals surface area contributed by atoms with Gasteiger partial charge in [-0.15, -0.1) is 0 Å². The number of carbonyl (C=O) groups excluding carboxylic acids is 3. The van der Waals surface area contributed by atoms with Crippen molar-refractivity contribution in [3.05, 3.63) is 0 Å². The molecular formula is C23H44N4O5. The summed E-state index contributed by atoms with van der Waals surface area (Å²) in [5.74, 6) is 0.0621. The second kappa shape index (κ2) is 12.9. The Kier molecular flexibility index (Phi) is 11.3. The molecule has 0 aromatic carbocycles. The van der Waals surface area contributed by atoms with Crippen molar-refractivity contribution in [2.24, 2.45) is 5.73 Å². The van der Waals surface area contributed by atoms with Crippen LogP contribution in [0.1, 0.15) is 73.6 Å². The van der Waals surface area contributed by atoms with Gasteiger partial charge in [-0.3, -0.25) is 4.79 Å². The molecule has 0 saturated carbocycles. The highest BCUT2D eigenvalue weighted by atomic mass is 16.6. The lowest BCUT2D eigenvalue weighted by molar-refractivity contribution is -0.131. The van der Waals surface area contributed by atoms with E-state index in [1.807, 2.05) is 46.4 Å². The zero-order chi connectivity index (χ0) is 24.4. The third-order valence-corrected chi connectivity index (χ3v) is 4.89. The number of rotatable bonds is 3. The van der Waals surface area contributed by atoms with Gasteiger partial charge in [0.15, 0.2) is 0 Å². The number of nitrogens with zero attached hydrogens (tertiary/aromatic N) is 3. The lowest BCUT2D eigenvalue weighted by Gasteiger charge is -2.33. The molecule has 1 saturated heterocycles. The Morgan fingerprint density at radius 2 is 1.09 bits per heavy atom. The van der Waals surface area contributed by atoms with Gasteiger partial charge in [0.05, 0.1) is 0 Å². The molecule has 0 unspecified atom stereocenters. The van der Waals surface area contributed by atoms with Crippen LogP contribution in [-0.4, -0.2) is 89.8 Å². The summed E-state index contributed by atoms with van der Waals surface area (Å²) in [6.07, 6.45) is 2.77. The van der Waals surface area contributed by atoms with Crippen molar-refractivity contribution in [2.75, 3.05) is 45.8 Å². The molecule has 9 heteroatoms. The van der Waals surface area contributed by atoms with E-state index in [0.717, 1.165) is 19.3 Å². The van der Waals surface area contributed by atoms with Gasteiger partial charge in [-0.25, -0.2) is 9.59 Å². The van der Waals surface area contributed by atoms with Crippen LogP contribution in [0.2, 0.25) is 0 Å². The van der Waals surface area contributed by atoms with Crippen molar-refractivity contribution in [1.29, 1.82) is 0 Å². The van der Waals surface area contributed by atoms with Crippen LogP contribution in [0.25, 0.3) is 0 Å². The Labute approximate surface area is 193 Å². The van der Waals surface area contributed by atoms with Crippen molar-refractivity contribution >= 4 is 18.1 Å². The zero-order valence-electron chi connectivity index (χ0n) is 20.9. The van der Waals surface area contributed by atoms with Gasteiger partial charge in [-0.2, -0.15) is 0 Å². The van der Waals surface area contributed by atoms with E-state index >= 15 is 0 Å². The molecule has 0 spiro atoms. The minimum absolute atomic E-state index is 0.0621. The van der Waals surface area contributed by atoms with E-state index in [0.29, 0.717) is 58.7 Å². The smallest absolute Gasteiger partial charge is 0.410 e. The summed E-state index contributed by atoms with van der Waals surface area (Å²) in [5, 5.41) is 0. The number of amides is 3. The molecule has 1 heterocycles. The van der Waals surface area contributed by atoms with Crippen molar-refractivity contribution < 1.29 is 23.9 Å². The summed E-state index contributed by atoms with van der Waals surface area (Å²) < 4.78 is 11.1. The molecule has 0 bridgehead atoms. The third kappa shape index (κ3) is 11.5. The maximum atomic E-state index is 12.8. The fraction of sp³-hybridized carbons (Fsp3) is 0.870. The van der Waals surface area contributed by atoms with Gasteiger partial charge >= 0.3 is 12.2 Å². The van der Waals surface area contributed by atoms with E-state index < -0.39 is 17.3 Å². The highest BCUT2D eigenvalue weighted by molar-refractivity contribution is 5.76. The molecule has 1 aliphatic rings. The Morgan fingerprint density at radius 3 is 1.53 bits per heavy atom. The summed E-state index contributed by atoms with van der Waals surface area (Å²) in [6, 6.07) is 0. The molecule has 0 aliphatic carbocycles. The van der Waals surface area contributed by atoms with Crippen LogP contribution in [0.5, 0.6) is 0 Å². The second-order valence-electron chi connectivity index (χ2n) is 10.3. The van der Waals surface area contributed by atoms with Gasteiger partial charge in [0.25, 0.3) is 0 Å². The number of hydrogen-bond donors (Lipinski definition) is 1.